The van der Waals surface area contributed by atoms with Crippen LogP contribution in [0, 0.1) is 11.6 Å². The van der Waals surface area contributed by atoms with Gasteiger partial charge in [-0.1, -0.05) is 0 Å². The summed E-state index contributed by atoms with van der Waals surface area (Å²) in [5, 5.41) is 11.6. The van der Waals surface area contributed by atoms with Gasteiger partial charge in [-0.05, 0) is 30.3 Å². The van der Waals surface area contributed by atoms with Crippen molar-refractivity contribution >= 4 is 23.0 Å². The van der Waals surface area contributed by atoms with E-state index in [0.717, 1.165) is 12.1 Å². The van der Waals surface area contributed by atoms with Crippen molar-refractivity contribution in [3.05, 3.63) is 53.6 Å². The maximum atomic E-state index is 13.0. The number of nitrogens with one attached hydrogen (secondary N) is 1. The number of hydrogen-bond acceptors (Lipinski definition) is 3. The molecule has 98 valence electrons. The lowest BCUT2D eigenvalue weighted by Gasteiger charge is -2.09. The summed E-state index contributed by atoms with van der Waals surface area (Å²) in [6.45, 7) is 0. The van der Waals surface area contributed by atoms with Crippen LogP contribution in [0.2, 0.25) is 0 Å². The van der Waals surface area contributed by atoms with E-state index in [0.29, 0.717) is 11.4 Å². The van der Waals surface area contributed by atoms with Crippen LogP contribution in [-0.2, 0) is 0 Å². The summed E-state index contributed by atoms with van der Waals surface area (Å²) in [5.41, 5.74) is 6.46. The predicted octanol–water partition coefficient (Wildman–Crippen LogP) is 2.99. The molecule has 0 atom stereocenters. The molecule has 0 heterocycles. The van der Waals surface area contributed by atoms with Gasteiger partial charge < -0.3 is 16.2 Å². The summed E-state index contributed by atoms with van der Waals surface area (Å²) in [5.74, 6) is -3.04. The molecule has 0 spiro atoms. The van der Waals surface area contributed by atoms with Crippen molar-refractivity contribution in [2.24, 2.45) is 0 Å². The SMILES string of the molecule is Nc1cc(Nc2ccc(F)c(F)c2)ccc1C(=O)O. The van der Waals surface area contributed by atoms with E-state index in [2.05, 4.69) is 5.32 Å². The van der Waals surface area contributed by atoms with Gasteiger partial charge in [0.1, 0.15) is 0 Å². The van der Waals surface area contributed by atoms with Gasteiger partial charge in [0.2, 0.25) is 0 Å². The minimum atomic E-state index is -1.13. The molecule has 0 unspecified atom stereocenters. The fourth-order valence-corrected chi connectivity index (χ4v) is 1.58. The van der Waals surface area contributed by atoms with Gasteiger partial charge in [-0.25, -0.2) is 13.6 Å². The molecule has 0 aliphatic heterocycles. The number of benzene rings is 2. The number of rotatable bonds is 3. The highest BCUT2D eigenvalue weighted by Crippen LogP contribution is 2.23. The molecule has 0 aliphatic rings. The second kappa shape index (κ2) is 4.93. The van der Waals surface area contributed by atoms with Gasteiger partial charge in [0.15, 0.2) is 11.6 Å². The zero-order valence-corrected chi connectivity index (χ0v) is 9.65. The summed E-state index contributed by atoms with van der Waals surface area (Å²) >= 11 is 0. The lowest BCUT2D eigenvalue weighted by Crippen LogP contribution is -2.03. The Bertz CT molecular complexity index is 645. The number of halogens is 2. The van der Waals surface area contributed by atoms with Crippen molar-refractivity contribution in [3.8, 4) is 0 Å². The van der Waals surface area contributed by atoms with Gasteiger partial charge in [0, 0.05) is 23.1 Å². The molecule has 0 amide bonds. The van der Waals surface area contributed by atoms with Crippen LogP contribution < -0.4 is 11.1 Å². The first-order valence-corrected chi connectivity index (χ1v) is 5.32. The van der Waals surface area contributed by atoms with Crippen molar-refractivity contribution < 1.29 is 18.7 Å². The molecular formula is C13H10F2N2O2. The number of nitrogens with two attached hydrogens (primary N) is 1. The van der Waals surface area contributed by atoms with Gasteiger partial charge >= 0.3 is 5.97 Å². The highest BCUT2D eigenvalue weighted by Gasteiger charge is 2.08. The summed E-state index contributed by atoms with van der Waals surface area (Å²) in [6.07, 6.45) is 0. The Morgan fingerprint density at radius 1 is 1.05 bits per heavy atom. The van der Waals surface area contributed by atoms with Crippen LogP contribution >= 0.6 is 0 Å². The van der Waals surface area contributed by atoms with Crippen molar-refractivity contribution in [3.63, 3.8) is 0 Å². The maximum Gasteiger partial charge on any atom is 0.337 e. The van der Waals surface area contributed by atoms with Crippen LogP contribution in [-0.4, -0.2) is 11.1 Å². The van der Waals surface area contributed by atoms with Crippen LogP contribution in [0.15, 0.2) is 36.4 Å². The van der Waals surface area contributed by atoms with Gasteiger partial charge in [-0.2, -0.15) is 0 Å². The summed E-state index contributed by atoms with van der Waals surface area (Å²) < 4.78 is 25.8. The largest absolute Gasteiger partial charge is 0.478 e. The number of carbonyl (C=O) groups is 1. The minimum absolute atomic E-state index is 0.0177. The summed E-state index contributed by atoms with van der Waals surface area (Å²) in [4.78, 5) is 10.8. The number of hydrogen-bond donors (Lipinski definition) is 3. The Labute approximate surface area is 107 Å². The summed E-state index contributed by atoms with van der Waals surface area (Å²) in [7, 11) is 0. The molecule has 2 aromatic carbocycles. The molecule has 6 heteroatoms. The molecule has 2 rings (SSSR count). The molecular weight excluding hydrogens is 254 g/mol. The van der Waals surface area contributed by atoms with E-state index in [9.17, 15) is 13.6 Å². The van der Waals surface area contributed by atoms with E-state index in [-0.39, 0.29) is 11.3 Å². The molecule has 0 saturated heterocycles. The molecule has 0 aliphatic carbocycles. The minimum Gasteiger partial charge on any atom is -0.478 e. The third-order valence-corrected chi connectivity index (χ3v) is 2.49. The first-order chi connectivity index (χ1) is 8.97. The summed E-state index contributed by atoms with van der Waals surface area (Å²) in [6, 6.07) is 7.58. The van der Waals surface area contributed by atoms with E-state index in [1.165, 1.54) is 24.3 Å². The molecule has 19 heavy (non-hydrogen) atoms. The van der Waals surface area contributed by atoms with Gasteiger partial charge in [-0.3, -0.25) is 0 Å². The van der Waals surface area contributed by atoms with Gasteiger partial charge in [0.25, 0.3) is 0 Å². The quantitative estimate of drug-likeness (QED) is 0.745. The van der Waals surface area contributed by atoms with E-state index in [1.54, 1.807) is 0 Å². The van der Waals surface area contributed by atoms with Crippen LogP contribution in [0.3, 0.4) is 0 Å². The molecule has 0 radical (unpaired) electrons. The van der Waals surface area contributed by atoms with E-state index < -0.39 is 17.6 Å². The molecule has 0 bridgehead atoms. The Balaban J connectivity index is 2.26. The highest BCUT2D eigenvalue weighted by atomic mass is 19.2. The van der Waals surface area contributed by atoms with E-state index in [1.807, 2.05) is 0 Å². The highest BCUT2D eigenvalue weighted by molar-refractivity contribution is 5.94. The number of nitrogen functional groups attached to an aromatic ring is 1. The normalized spacial score (nSPS) is 10.2. The molecule has 4 nitrogen and oxygen atoms in total. The first kappa shape index (κ1) is 12.8. The number of anilines is 3. The van der Waals surface area contributed by atoms with Crippen LogP contribution in [0.4, 0.5) is 25.8 Å². The van der Waals surface area contributed by atoms with E-state index >= 15 is 0 Å². The average molecular weight is 264 g/mol. The number of aromatic carboxylic acids is 1. The van der Waals surface area contributed by atoms with Gasteiger partial charge in [-0.15, -0.1) is 0 Å². The van der Waals surface area contributed by atoms with E-state index in [4.69, 9.17) is 10.8 Å². The van der Waals surface area contributed by atoms with Crippen LogP contribution in [0.1, 0.15) is 10.4 Å². The standard InChI is InChI=1S/C13H10F2N2O2/c14-10-4-2-7(5-11(10)15)17-8-1-3-9(13(18)19)12(16)6-8/h1-6,17H,16H2,(H,18,19). The van der Waals surface area contributed by atoms with Crippen molar-refractivity contribution in [2.75, 3.05) is 11.1 Å². The Morgan fingerprint density at radius 3 is 2.26 bits per heavy atom. The molecule has 0 saturated carbocycles. The smallest absolute Gasteiger partial charge is 0.337 e. The third-order valence-electron chi connectivity index (χ3n) is 2.49. The average Bonchev–Trinajstić information content (AvgIpc) is 2.33. The molecule has 0 fully saturated rings. The number of carboxylic acids is 1. The topological polar surface area (TPSA) is 75.3 Å². The molecule has 0 aromatic heterocycles. The first-order valence-electron chi connectivity index (χ1n) is 5.32. The van der Waals surface area contributed by atoms with Gasteiger partial charge in [0.05, 0.1) is 5.56 Å². The molecule has 2 aromatic rings. The lowest BCUT2D eigenvalue weighted by atomic mass is 10.1. The third kappa shape index (κ3) is 2.79. The zero-order valence-electron chi connectivity index (χ0n) is 9.65. The Kier molecular flexibility index (Phi) is 3.33. The predicted molar refractivity (Wildman–Crippen MR) is 67.5 cm³/mol. The van der Waals surface area contributed by atoms with Crippen molar-refractivity contribution in [2.45, 2.75) is 0 Å². The maximum absolute atomic E-state index is 13.0. The second-order valence-electron chi connectivity index (χ2n) is 3.86. The lowest BCUT2D eigenvalue weighted by molar-refractivity contribution is 0.0698. The monoisotopic (exact) mass is 264 g/mol. The van der Waals surface area contributed by atoms with Crippen molar-refractivity contribution in [1.82, 2.24) is 0 Å². The zero-order chi connectivity index (χ0) is 14.0. The van der Waals surface area contributed by atoms with Crippen LogP contribution in [0.5, 0.6) is 0 Å². The van der Waals surface area contributed by atoms with Crippen LogP contribution in [0.25, 0.3) is 0 Å². The molecule has 4 N–H and O–H groups in total. The number of carboxylic acid groups (broad SMARTS) is 1. The Morgan fingerprint density at radius 2 is 1.68 bits per heavy atom. The fourth-order valence-electron chi connectivity index (χ4n) is 1.58. The Hall–Kier alpha value is -2.63. The second-order valence-corrected chi connectivity index (χ2v) is 3.86. The van der Waals surface area contributed by atoms with Crippen molar-refractivity contribution in [1.29, 1.82) is 0 Å². The fraction of sp³-hybridized carbons (Fsp3) is 0.